The van der Waals surface area contributed by atoms with E-state index >= 15 is 0 Å². The molecule has 4 nitrogen and oxygen atoms in total. The molecular weight excluding hydrogens is 316 g/mol. The van der Waals surface area contributed by atoms with Crippen molar-refractivity contribution in [2.75, 3.05) is 0 Å². The van der Waals surface area contributed by atoms with Gasteiger partial charge in [0.15, 0.2) is 0 Å². The number of hydrogen-bond donors (Lipinski definition) is 0. The van der Waals surface area contributed by atoms with Crippen LogP contribution in [0.25, 0.3) is 0 Å². The largest absolute Gasteiger partial charge is 0.416 e. The fourth-order valence-electron chi connectivity index (χ4n) is 1.20. The van der Waals surface area contributed by atoms with Crippen molar-refractivity contribution in [2.24, 2.45) is 4.36 Å². The monoisotopic (exact) mass is 319 g/mol. The molecule has 20 heavy (non-hydrogen) atoms. The van der Waals surface area contributed by atoms with Crippen LogP contribution in [0.4, 0.5) is 26.3 Å². The Bertz CT molecular complexity index is 634. The summed E-state index contributed by atoms with van der Waals surface area (Å²) in [7, 11) is -3.29. The Balaban J connectivity index is 3.54. The highest BCUT2D eigenvalue weighted by molar-refractivity contribution is 7.62. The van der Waals surface area contributed by atoms with Gasteiger partial charge in [0, 0.05) is 5.56 Å². The molecule has 0 unspecified atom stereocenters. The van der Waals surface area contributed by atoms with E-state index < -0.39 is 45.5 Å². The van der Waals surface area contributed by atoms with Crippen molar-refractivity contribution in [3.63, 3.8) is 0 Å². The highest BCUT2D eigenvalue weighted by atomic mass is 32.2. The molecule has 110 valence electrons. The third kappa shape index (κ3) is 4.05. The van der Waals surface area contributed by atoms with Gasteiger partial charge >= 0.3 is 22.9 Å². The minimum Gasteiger partial charge on any atom is -0.266 e. The molecule has 0 spiro atoms. The van der Waals surface area contributed by atoms with E-state index in [1.807, 2.05) is 0 Å². The second-order valence-corrected chi connectivity index (χ2v) is 4.02. The number of halogens is 6. The predicted molar refractivity (Wildman–Crippen MR) is 52.1 cm³/mol. The Hall–Kier alpha value is -1.91. The van der Waals surface area contributed by atoms with Crippen LogP contribution in [-0.4, -0.2) is 14.3 Å². The van der Waals surface area contributed by atoms with Crippen molar-refractivity contribution in [2.45, 2.75) is 12.4 Å². The lowest BCUT2D eigenvalue weighted by Gasteiger charge is -2.12. The molecule has 11 heteroatoms. The highest BCUT2D eigenvalue weighted by Crippen LogP contribution is 2.36. The molecule has 0 radical (unpaired) electrons. The number of amides is 1. The number of rotatable bonds is 1. The molecule has 1 rings (SSSR count). The van der Waals surface area contributed by atoms with Gasteiger partial charge in [0.05, 0.1) is 11.1 Å². The van der Waals surface area contributed by atoms with Gasteiger partial charge in [-0.25, -0.2) is 0 Å². The van der Waals surface area contributed by atoms with E-state index in [1.165, 1.54) is 0 Å². The number of benzene rings is 1. The summed E-state index contributed by atoms with van der Waals surface area (Å²) in [6, 6.07) is -0.00714. The van der Waals surface area contributed by atoms with Crippen molar-refractivity contribution in [3.05, 3.63) is 34.9 Å². The van der Waals surface area contributed by atoms with E-state index in [1.54, 1.807) is 0 Å². The van der Waals surface area contributed by atoms with E-state index in [4.69, 9.17) is 0 Å². The maximum absolute atomic E-state index is 12.4. The number of nitrogens with zero attached hydrogens (tertiary/aromatic N) is 1. The first-order valence-electron chi connectivity index (χ1n) is 4.56. The Kier molecular flexibility index (Phi) is 4.22. The van der Waals surface area contributed by atoms with Gasteiger partial charge in [-0.2, -0.15) is 34.8 Å². The minimum atomic E-state index is -5.13. The summed E-state index contributed by atoms with van der Waals surface area (Å²) < 4.78 is 97.2. The van der Waals surface area contributed by atoms with E-state index in [-0.39, 0.29) is 18.2 Å². The first kappa shape index (κ1) is 16.1. The lowest BCUT2D eigenvalue weighted by Crippen LogP contribution is -2.13. The molecule has 1 aromatic rings. The van der Waals surface area contributed by atoms with Gasteiger partial charge in [-0.15, -0.1) is 0 Å². The van der Waals surface area contributed by atoms with Gasteiger partial charge in [-0.3, -0.25) is 4.79 Å². The molecule has 0 saturated carbocycles. The standard InChI is InChI=1S/C9H3F6NO3S/c10-8(11,12)5-1-4(7(17)16-20(18)19)2-6(3-5)9(13,14)15/h1-3H. The van der Waals surface area contributed by atoms with Crippen molar-refractivity contribution in [1.29, 1.82) is 0 Å². The van der Waals surface area contributed by atoms with Crippen LogP contribution in [-0.2, 0) is 22.9 Å². The Morgan fingerprint density at radius 3 is 1.60 bits per heavy atom. The first-order valence-corrected chi connectivity index (χ1v) is 5.59. The lowest BCUT2D eigenvalue weighted by atomic mass is 10.0. The third-order valence-electron chi connectivity index (χ3n) is 1.99. The molecular formula is C9H3F6NO3S. The zero-order valence-electron chi connectivity index (χ0n) is 9.08. The van der Waals surface area contributed by atoms with Crippen LogP contribution < -0.4 is 0 Å². The van der Waals surface area contributed by atoms with E-state index in [0.29, 0.717) is 0 Å². The van der Waals surface area contributed by atoms with Crippen LogP contribution in [0.2, 0.25) is 0 Å². The average Bonchev–Trinajstić information content (AvgIpc) is 2.25. The Labute approximate surface area is 108 Å². The van der Waals surface area contributed by atoms with Crippen LogP contribution in [0.1, 0.15) is 21.5 Å². The van der Waals surface area contributed by atoms with E-state index in [9.17, 15) is 39.6 Å². The minimum absolute atomic E-state index is 0.0912. The molecule has 0 aliphatic carbocycles. The SMILES string of the molecule is O=C(N=S(=O)=O)c1cc(C(F)(F)F)cc(C(F)(F)F)c1. The van der Waals surface area contributed by atoms with Crippen molar-refractivity contribution >= 4 is 16.4 Å². The summed E-state index contributed by atoms with van der Waals surface area (Å²) in [6.45, 7) is 0. The zero-order chi connectivity index (χ0) is 15.7. The predicted octanol–water partition coefficient (Wildman–Crippen LogP) is 2.93. The van der Waals surface area contributed by atoms with Crippen LogP contribution in [0.15, 0.2) is 22.6 Å². The summed E-state index contributed by atoms with van der Waals surface area (Å²) >= 11 is 0. The van der Waals surface area contributed by atoms with Gasteiger partial charge < -0.3 is 0 Å². The average molecular weight is 319 g/mol. The van der Waals surface area contributed by atoms with E-state index in [0.717, 1.165) is 0 Å². The first-order chi connectivity index (χ1) is 8.91. The molecule has 0 fully saturated rings. The molecule has 0 bridgehead atoms. The van der Waals surface area contributed by atoms with Crippen LogP contribution in [0.3, 0.4) is 0 Å². The summed E-state index contributed by atoms with van der Waals surface area (Å²) in [5, 5.41) is 0. The molecule has 0 aliphatic heterocycles. The molecule has 0 aliphatic rings. The number of carbonyl (C=O) groups is 1. The van der Waals surface area contributed by atoms with Gasteiger partial charge in [0.25, 0.3) is 5.91 Å². The highest BCUT2D eigenvalue weighted by Gasteiger charge is 2.37. The maximum atomic E-state index is 12.4. The van der Waals surface area contributed by atoms with Crippen LogP contribution in [0.5, 0.6) is 0 Å². The molecule has 1 aromatic carbocycles. The van der Waals surface area contributed by atoms with Crippen molar-refractivity contribution in [1.82, 2.24) is 0 Å². The van der Waals surface area contributed by atoms with E-state index in [2.05, 4.69) is 4.36 Å². The topological polar surface area (TPSA) is 63.6 Å². The lowest BCUT2D eigenvalue weighted by molar-refractivity contribution is -0.143. The maximum Gasteiger partial charge on any atom is 0.416 e. The third-order valence-corrected chi connectivity index (χ3v) is 2.31. The normalized spacial score (nSPS) is 12.1. The molecule has 0 aromatic heterocycles. The van der Waals surface area contributed by atoms with Gasteiger partial charge in [0.1, 0.15) is 0 Å². The summed E-state index contributed by atoms with van der Waals surface area (Å²) in [4.78, 5) is 11.1. The molecule has 0 heterocycles. The molecule has 1 amide bonds. The summed E-state index contributed by atoms with van der Waals surface area (Å²) in [5.74, 6) is -1.73. The quantitative estimate of drug-likeness (QED) is 0.748. The fraction of sp³-hybridized carbons (Fsp3) is 0.222. The second kappa shape index (κ2) is 5.23. The smallest absolute Gasteiger partial charge is 0.266 e. The van der Waals surface area contributed by atoms with Gasteiger partial charge in [-0.1, -0.05) is 4.36 Å². The van der Waals surface area contributed by atoms with Gasteiger partial charge in [-0.05, 0) is 18.2 Å². The Morgan fingerprint density at radius 1 is 0.900 bits per heavy atom. The second-order valence-electron chi connectivity index (χ2n) is 3.41. The van der Waals surface area contributed by atoms with Crippen LogP contribution in [0, 0.1) is 0 Å². The number of hydrogen-bond acceptors (Lipinski definition) is 3. The van der Waals surface area contributed by atoms with Crippen molar-refractivity contribution in [3.8, 4) is 0 Å². The van der Waals surface area contributed by atoms with Crippen molar-refractivity contribution < 1.29 is 39.6 Å². The fourth-order valence-corrected chi connectivity index (χ4v) is 1.44. The number of carbonyl (C=O) groups excluding carboxylic acids is 1. The number of alkyl halides is 6. The zero-order valence-corrected chi connectivity index (χ0v) is 9.90. The summed E-state index contributed by atoms with van der Waals surface area (Å²) in [6.07, 6.45) is -10.3. The Morgan fingerprint density at radius 2 is 1.30 bits per heavy atom. The molecule has 0 saturated heterocycles. The van der Waals surface area contributed by atoms with Crippen LogP contribution >= 0.6 is 0 Å². The molecule has 0 N–H and O–H groups in total. The van der Waals surface area contributed by atoms with Gasteiger partial charge in [0.2, 0.25) is 0 Å². The molecule has 0 atom stereocenters. The summed E-state index contributed by atoms with van der Waals surface area (Å²) in [5.41, 5.74) is -4.60.